The molecular formula is C13H18N4O4. The number of carbonyl (C=O) groups excluding carboxylic acids is 3. The van der Waals surface area contributed by atoms with Crippen molar-refractivity contribution in [2.24, 2.45) is 11.5 Å². The fraction of sp³-hybridized carbons (Fsp3) is 0.308. The molecule has 0 radical (unpaired) electrons. The Morgan fingerprint density at radius 3 is 2.48 bits per heavy atom. The molecule has 114 valence electrons. The second-order valence-corrected chi connectivity index (χ2v) is 4.36. The van der Waals surface area contributed by atoms with E-state index >= 15 is 0 Å². The first-order valence-electron chi connectivity index (χ1n) is 6.14. The summed E-state index contributed by atoms with van der Waals surface area (Å²) in [5.74, 6) is -1.10. The molecule has 0 saturated heterocycles. The number of carbonyl (C=O) groups is 3. The van der Waals surface area contributed by atoms with E-state index < -0.39 is 17.9 Å². The van der Waals surface area contributed by atoms with Gasteiger partial charge in [-0.25, -0.2) is 0 Å². The molecular weight excluding hydrogens is 276 g/mol. The Morgan fingerprint density at radius 2 is 1.95 bits per heavy atom. The van der Waals surface area contributed by atoms with Crippen molar-refractivity contribution in [1.82, 2.24) is 0 Å². The van der Waals surface area contributed by atoms with Crippen LogP contribution in [0.1, 0.15) is 13.3 Å². The van der Waals surface area contributed by atoms with Gasteiger partial charge in [0, 0.05) is 12.6 Å². The predicted molar refractivity (Wildman–Crippen MR) is 77.7 cm³/mol. The van der Waals surface area contributed by atoms with Crippen LogP contribution in [0.2, 0.25) is 0 Å². The molecule has 0 aromatic heterocycles. The van der Waals surface area contributed by atoms with Crippen LogP contribution in [0.3, 0.4) is 0 Å². The van der Waals surface area contributed by atoms with Gasteiger partial charge in [0.1, 0.15) is 5.75 Å². The van der Waals surface area contributed by atoms with E-state index in [9.17, 15) is 14.4 Å². The maximum Gasteiger partial charge on any atom is 0.241 e. The lowest BCUT2D eigenvalue weighted by atomic mass is 10.2. The highest BCUT2D eigenvalue weighted by atomic mass is 16.5. The molecule has 1 unspecified atom stereocenters. The molecule has 0 heterocycles. The summed E-state index contributed by atoms with van der Waals surface area (Å²) in [4.78, 5) is 33.6. The standard InChI is InChI=1S/C13H18N4O4/c1-7(18)16-8-3-4-11(21-2)10(5-8)17-13(20)9(14)6-12(15)19/h3-5,9H,6,14H2,1-2H3,(H2,15,19)(H,16,18)(H,17,20). The second-order valence-electron chi connectivity index (χ2n) is 4.36. The van der Waals surface area contributed by atoms with Crippen molar-refractivity contribution in [1.29, 1.82) is 0 Å². The summed E-state index contributed by atoms with van der Waals surface area (Å²) in [6, 6.07) is 3.67. The van der Waals surface area contributed by atoms with Crippen molar-refractivity contribution in [2.75, 3.05) is 17.7 Å². The number of hydrogen-bond donors (Lipinski definition) is 4. The Bertz CT molecular complexity index is 559. The Balaban J connectivity index is 2.91. The average Bonchev–Trinajstić information content (AvgIpc) is 2.37. The summed E-state index contributed by atoms with van der Waals surface area (Å²) in [7, 11) is 1.44. The zero-order valence-corrected chi connectivity index (χ0v) is 11.8. The molecule has 1 rings (SSSR count). The van der Waals surface area contributed by atoms with Crippen LogP contribution in [0.4, 0.5) is 11.4 Å². The van der Waals surface area contributed by atoms with Crippen LogP contribution in [0.15, 0.2) is 18.2 Å². The summed E-state index contributed by atoms with van der Waals surface area (Å²) in [5, 5.41) is 5.11. The molecule has 0 spiro atoms. The number of ether oxygens (including phenoxy) is 1. The molecule has 0 aliphatic heterocycles. The van der Waals surface area contributed by atoms with E-state index in [2.05, 4.69) is 10.6 Å². The van der Waals surface area contributed by atoms with Gasteiger partial charge in [-0.2, -0.15) is 0 Å². The van der Waals surface area contributed by atoms with Crippen LogP contribution in [-0.4, -0.2) is 30.9 Å². The molecule has 3 amide bonds. The summed E-state index contributed by atoms with van der Waals surface area (Å²) >= 11 is 0. The minimum Gasteiger partial charge on any atom is -0.495 e. The van der Waals surface area contributed by atoms with Crippen LogP contribution >= 0.6 is 0 Å². The lowest BCUT2D eigenvalue weighted by Crippen LogP contribution is -2.39. The number of primary amides is 1. The average molecular weight is 294 g/mol. The zero-order chi connectivity index (χ0) is 16.0. The molecule has 0 aliphatic carbocycles. The quantitative estimate of drug-likeness (QED) is 0.575. The van der Waals surface area contributed by atoms with Gasteiger partial charge in [0.15, 0.2) is 0 Å². The monoisotopic (exact) mass is 294 g/mol. The zero-order valence-electron chi connectivity index (χ0n) is 11.8. The van der Waals surface area contributed by atoms with E-state index in [0.717, 1.165) is 0 Å². The number of nitrogens with two attached hydrogens (primary N) is 2. The topological polar surface area (TPSA) is 137 Å². The molecule has 0 fully saturated rings. The van der Waals surface area contributed by atoms with Crippen LogP contribution in [-0.2, 0) is 14.4 Å². The molecule has 0 aliphatic rings. The maximum atomic E-state index is 11.9. The van der Waals surface area contributed by atoms with Crippen molar-refractivity contribution in [3.63, 3.8) is 0 Å². The Labute approximate surface area is 121 Å². The van der Waals surface area contributed by atoms with E-state index in [0.29, 0.717) is 17.1 Å². The number of hydrogen-bond acceptors (Lipinski definition) is 5. The van der Waals surface area contributed by atoms with Crippen molar-refractivity contribution >= 4 is 29.1 Å². The van der Waals surface area contributed by atoms with Crippen LogP contribution in [0.25, 0.3) is 0 Å². The summed E-state index contributed by atoms with van der Waals surface area (Å²) in [6.07, 6.45) is -0.264. The molecule has 1 aromatic carbocycles. The summed E-state index contributed by atoms with van der Waals surface area (Å²) in [5.41, 5.74) is 11.4. The summed E-state index contributed by atoms with van der Waals surface area (Å²) < 4.78 is 5.11. The first-order valence-corrected chi connectivity index (χ1v) is 6.14. The van der Waals surface area contributed by atoms with E-state index in [1.54, 1.807) is 12.1 Å². The van der Waals surface area contributed by atoms with Crippen LogP contribution < -0.4 is 26.8 Å². The Morgan fingerprint density at radius 1 is 1.29 bits per heavy atom. The van der Waals surface area contributed by atoms with Crippen LogP contribution in [0, 0.1) is 0 Å². The third kappa shape index (κ3) is 5.11. The Kier molecular flexibility index (Phi) is 5.67. The predicted octanol–water partition coefficient (Wildman–Crippen LogP) is -0.205. The minimum absolute atomic E-state index is 0.247. The number of benzene rings is 1. The number of nitrogens with one attached hydrogen (secondary N) is 2. The van der Waals surface area contributed by atoms with Crippen LogP contribution in [0.5, 0.6) is 5.75 Å². The lowest BCUT2D eigenvalue weighted by molar-refractivity contribution is -0.123. The highest BCUT2D eigenvalue weighted by molar-refractivity contribution is 5.99. The number of rotatable bonds is 6. The number of anilines is 2. The second kappa shape index (κ2) is 7.25. The largest absolute Gasteiger partial charge is 0.495 e. The van der Waals surface area contributed by atoms with Gasteiger partial charge in [-0.3, -0.25) is 14.4 Å². The summed E-state index contributed by atoms with van der Waals surface area (Å²) in [6.45, 7) is 1.37. The van der Waals surface area contributed by atoms with Gasteiger partial charge in [-0.05, 0) is 18.2 Å². The van der Waals surface area contributed by atoms with E-state index in [4.69, 9.17) is 16.2 Å². The Hall–Kier alpha value is -2.61. The molecule has 1 aromatic rings. The SMILES string of the molecule is COc1ccc(NC(C)=O)cc1NC(=O)C(N)CC(N)=O. The molecule has 0 saturated carbocycles. The number of methoxy groups -OCH3 is 1. The first-order chi connectivity index (χ1) is 9.83. The highest BCUT2D eigenvalue weighted by Crippen LogP contribution is 2.28. The molecule has 21 heavy (non-hydrogen) atoms. The molecule has 8 nitrogen and oxygen atoms in total. The third-order valence-electron chi connectivity index (χ3n) is 2.54. The van der Waals surface area contributed by atoms with Crippen molar-refractivity contribution in [3.8, 4) is 5.75 Å². The third-order valence-corrected chi connectivity index (χ3v) is 2.54. The first kappa shape index (κ1) is 16.4. The van der Waals surface area contributed by atoms with E-state index in [-0.39, 0.29) is 12.3 Å². The molecule has 8 heteroatoms. The fourth-order valence-corrected chi connectivity index (χ4v) is 1.62. The van der Waals surface area contributed by atoms with Gasteiger partial charge in [0.25, 0.3) is 0 Å². The van der Waals surface area contributed by atoms with Crippen molar-refractivity contribution in [2.45, 2.75) is 19.4 Å². The fourth-order valence-electron chi connectivity index (χ4n) is 1.62. The van der Waals surface area contributed by atoms with Gasteiger partial charge in [-0.15, -0.1) is 0 Å². The highest BCUT2D eigenvalue weighted by Gasteiger charge is 2.18. The smallest absolute Gasteiger partial charge is 0.241 e. The van der Waals surface area contributed by atoms with E-state index in [1.165, 1.54) is 20.1 Å². The van der Waals surface area contributed by atoms with Gasteiger partial charge in [-0.1, -0.05) is 0 Å². The van der Waals surface area contributed by atoms with Gasteiger partial charge >= 0.3 is 0 Å². The normalized spacial score (nSPS) is 11.4. The van der Waals surface area contributed by atoms with Gasteiger partial charge in [0.05, 0.1) is 25.3 Å². The van der Waals surface area contributed by atoms with Gasteiger partial charge < -0.3 is 26.8 Å². The molecule has 0 bridgehead atoms. The maximum absolute atomic E-state index is 11.9. The van der Waals surface area contributed by atoms with Crippen molar-refractivity contribution in [3.05, 3.63) is 18.2 Å². The lowest BCUT2D eigenvalue weighted by Gasteiger charge is -2.14. The molecule has 6 N–H and O–H groups in total. The van der Waals surface area contributed by atoms with Crippen molar-refractivity contribution < 1.29 is 19.1 Å². The minimum atomic E-state index is -1.06. The number of amides is 3. The molecule has 1 atom stereocenters. The van der Waals surface area contributed by atoms with E-state index in [1.807, 2.05) is 0 Å². The van der Waals surface area contributed by atoms with Gasteiger partial charge in [0.2, 0.25) is 17.7 Å².